The van der Waals surface area contributed by atoms with Crippen molar-refractivity contribution in [1.82, 2.24) is 20.5 Å². The molecule has 8 nitrogen and oxygen atoms in total. The lowest BCUT2D eigenvalue weighted by Gasteiger charge is -2.25. The van der Waals surface area contributed by atoms with Crippen LogP contribution in [0.1, 0.15) is 30.4 Å². The number of nitrogens with zero attached hydrogens (tertiary/aromatic N) is 4. The van der Waals surface area contributed by atoms with Gasteiger partial charge >= 0.3 is 0 Å². The van der Waals surface area contributed by atoms with Gasteiger partial charge in [0.05, 0.1) is 23.8 Å². The molecule has 118 valence electrons. The number of aromatic nitrogens is 4. The van der Waals surface area contributed by atoms with Crippen molar-refractivity contribution in [2.75, 3.05) is 5.32 Å². The third-order valence-electron chi connectivity index (χ3n) is 4.04. The first-order chi connectivity index (χ1) is 11.7. The van der Waals surface area contributed by atoms with Crippen molar-refractivity contribution in [1.29, 1.82) is 5.26 Å². The lowest BCUT2D eigenvalue weighted by Crippen LogP contribution is -2.19. The Labute approximate surface area is 136 Å². The van der Waals surface area contributed by atoms with Crippen molar-refractivity contribution < 1.29 is 9.42 Å². The summed E-state index contributed by atoms with van der Waals surface area (Å²) in [6.07, 6.45) is 1.81. The molecular formula is C16H12N6O2. The molecule has 3 heterocycles. The Morgan fingerprint density at radius 3 is 3.04 bits per heavy atom. The number of hydrogen-bond acceptors (Lipinski definition) is 7. The van der Waals surface area contributed by atoms with E-state index in [0.29, 0.717) is 28.1 Å². The van der Waals surface area contributed by atoms with Crippen molar-refractivity contribution >= 4 is 22.6 Å². The number of anilines is 1. The van der Waals surface area contributed by atoms with Crippen LogP contribution in [-0.2, 0) is 4.79 Å². The number of nitriles is 1. The predicted molar refractivity (Wildman–Crippen MR) is 83.8 cm³/mol. The molecule has 0 saturated heterocycles. The van der Waals surface area contributed by atoms with E-state index in [0.717, 1.165) is 11.1 Å². The zero-order valence-electron chi connectivity index (χ0n) is 12.7. The number of H-pyrrole nitrogens is 1. The van der Waals surface area contributed by atoms with E-state index in [9.17, 15) is 10.1 Å². The van der Waals surface area contributed by atoms with E-state index in [1.54, 1.807) is 12.3 Å². The van der Waals surface area contributed by atoms with E-state index >= 15 is 0 Å². The number of Topliss-reactive ketones (excluding diaryl/α,β-unsaturated/α-hetero) is 1. The van der Waals surface area contributed by atoms with Gasteiger partial charge < -0.3 is 5.32 Å². The summed E-state index contributed by atoms with van der Waals surface area (Å²) in [4.78, 5) is 11.6. The Hall–Kier alpha value is -3.47. The summed E-state index contributed by atoms with van der Waals surface area (Å²) >= 11 is 0. The summed E-state index contributed by atoms with van der Waals surface area (Å²) in [7, 11) is 0. The highest BCUT2D eigenvalue weighted by Gasteiger charge is 2.33. The van der Waals surface area contributed by atoms with Gasteiger partial charge in [0, 0.05) is 17.7 Å². The number of aromatic amines is 1. The molecule has 0 bridgehead atoms. The number of fused-ring (bicyclic) bond motifs is 2. The highest BCUT2D eigenvalue weighted by atomic mass is 16.6. The maximum absolute atomic E-state index is 11.6. The van der Waals surface area contributed by atoms with Gasteiger partial charge in [0.2, 0.25) is 0 Å². The Kier molecular flexibility index (Phi) is 3.13. The normalized spacial score (nSPS) is 16.6. The second-order valence-corrected chi connectivity index (χ2v) is 5.62. The number of rotatable bonds is 3. The first kappa shape index (κ1) is 14.1. The predicted octanol–water partition coefficient (Wildman–Crippen LogP) is 2.26. The van der Waals surface area contributed by atoms with Crippen LogP contribution < -0.4 is 5.32 Å². The van der Waals surface area contributed by atoms with E-state index < -0.39 is 5.92 Å². The fraction of sp³-hybridized carbons (Fsp3) is 0.188. The van der Waals surface area contributed by atoms with Crippen molar-refractivity contribution in [3.8, 4) is 6.07 Å². The molecule has 1 aromatic carbocycles. The zero-order chi connectivity index (χ0) is 16.7. The Balaban J connectivity index is 1.98. The molecule has 0 spiro atoms. The van der Waals surface area contributed by atoms with Crippen molar-refractivity contribution in [3.63, 3.8) is 0 Å². The maximum atomic E-state index is 11.6. The average molecular weight is 320 g/mol. The molecule has 0 fully saturated rings. The number of benzene rings is 1. The van der Waals surface area contributed by atoms with Gasteiger partial charge in [0.1, 0.15) is 22.6 Å². The molecule has 0 aliphatic carbocycles. The molecule has 2 N–H and O–H groups in total. The van der Waals surface area contributed by atoms with E-state index in [4.69, 9.17) is 4.63 Å². The number of allylic oxidation sites excluding steroid dienone is 2. The van der Waals surface area contributed by atoms with Crippen LogP contribution in [0.15, 0.2) is 40.3 Å². The first-order valence-electron chi connectivity index (χ1n) is 7.33. The first-order valence-corrected chi connectivity index (χ1v) is 7.33. The minimum Gasteiger partial charge on any atom is -0.343 e. The van der Waals surface area contributed by atoms with Crippen molar-refractivity contribution in [2.45, 2.75) is 19.3 Å². The third-order valence-corrected chi connectivity index (χ3v) is 4.04. The molecule has 2 aromatic heterocycles. The summed E-state index contributed by atoms with van der Waals surface area (Å²) in [5.74, 6) is 0.243. The summed E-state index contributed by atoms with van der Waals surface area (Å²) < 4.78 is 4.83. The van der Waals surface area contributed by atoms with E-state index in [-0.39, 0.29) is 12.2 Å². The van der Waals surface area contributed by atoms with Crippen LogP contribution in [0.4, 0.5) is 5.82 Å². The van der Waals surface area contributed by atoms with Gasteiger partial charge in [-0.1, -0.05) is 12.1 Å². The van der Waals surface area contributed by atoms with E-state index in [2.05, 4.69) is 31.9 Å². The van der Waals surface area contributed by atoms with Gasteiger partial charge in [0.25, 0.3) is 0 Å². The van der Waals surface area contributed by atoms with E-state index in [1.807, 2.05) is 12.1 Å². The van der Waals surface area contributed by atoms with Crippen molar-refractivity contribution in [3.05, 3.63) is 46.8 Å². The zero-order valence-corrected chi connectivity index (χ0v) is 12.7. The molecule has 0 amide bonds. The Bertz CT molecular complexity index is 1020. The summed E-state index contributed by atoms with van der Waals surface area (Å²) in [6, 6.07) is 7.74. The largest absolute Gasteiger partial charge is 0.343 e. The summed E-state index contributed by atoms with van der Waals surface area (Å²) in [6.45, 7) is 1.49. The molecule has 3 aromatic rings. The standard InChI is InChI=1S/C16H12N6O2/c1-8(23)5-13-10(6-17)14(11-7-18-20-16(11)19-13)9-3-2-4-12-15(9)22-24-21-12/h2-4,7,14H,5H2,1H3,(H2,18,19,20). The molecular weight excluding hydrogens is 308 g/mol. The fourth-order valence-electron chi connectivity index (χ4n) is 3.07. The molecule has 0 radical (unpaired) electrons. The molecule has 24 heavy (non-hydrogen) atoms. The third kappa shape index (κ3) is 2.06. The molecule has 1 aliphatic rings. The smallest absolute Gasteiger partial charge is 0.139 e. The number of nitrogens with one attached hydrogen (secondary N) is 2. The van der Waals surface area contributed by atoms with Gasteiger partial charge in [-0.3, -0.25) is 9.89 Å². The number of carbonyl (C=O) groups is 1. The van der Waals surface area contributed by atoms with Crippen LogP contribution in [-0.4, -0.2) is 26.3 Å². The van der Waals surface area contributed by atoms with Gasteiger partial charge in [0.15, 0.2) is 0 Å². The minimum absolute atomic E-state index is 0.0340. The Morgan fingerprint density at radius 2 is 2.25 bits per heavy atom. The second kappa shape index (κ2) is 5.31. The quantitative estimate of drug-likeness (QED) is 0.759. The molecule has 1 atom stereocenters. The molecule has 0 saturated carbocycles. The van der Waals surface area contributed by atoms with Gasteiger partial charge in [-0.25, -0.2) is 4.63 Å². The monoisotopic (exact) mass is 320 g/mol. The maximum Gasteiger partial charge on any atom is 0.139 e. The van der Waals surface area contributed by atoms with Crippen molar-refractivity contribution in [2.24, 2.45) is 0 Å². The number of ketones is 1. The molecule has 4 rings (SSSR count). The number of carbonyl (C=O) groups excluding carboxylic acids is 1. The second-order valence-electron chi connectivity index (χ2n) is 5.62. The van der Waals surface area contributed by atoms with Crippen LogP contribution in [0.2, 0.25) is 0 Å². The average Bonchev–Trinajstić information content (AvgIpc) is 3.21. The van der Waals surface area contributed by atoms with Crippen LogP contribution >= 0.6 is 0 Å². The fourth-order valence-corrected chi connectivity index (χ4v) is 3.07. The minimum atomic E-state index is -0.394. The summed E-state index contributed by atoms with van der Waals surface area (Å²) in [5, 5.41) is 27.6. The van der Waals surface area contributed by atoms with Crippen LogP contribution in [0, 0.1) is 11.3 Å². The topological polar surface area (TPSA) is 120 Å². The van der Waals surface area contributed by atoms with Gasteiger partial charge in [-0.15, -0.1) is 0 Å². The number of hydrogen-bond donors (Lipinski definition) is 2. The van der Waals surface area contributed by atoms with Gasteiger partial charge in [-0.2, -0.15) is 10.4 Å². The highest BCUT2D eigenvalue weighted by Crippen LogP contribution is 2.42. The SMILES string of the molecule is CC(=O)CC1=C(C#N)C(c2cccc3nonc23)c2cn[nH]c2N1. The van der Waals surface area contributed by atoms with E-state index in [1.165, 1.54) is 6.92 Å². The molecule has 8 heteroatoms. The van der Waals surface area contributed by atoms with Crippen LogP contribution in [0.5, 0.6) is 0 Å². The Morgan fingerprint density at radius 1 is 1.38 bits per heavy atom. The lowest BCUT2D eigenvalue weighted by atomic mass is 9.82. The van der Waals surface area contributed by atoms with Crippen LogP contribution in [0.3, 0.4) is 0 Å². The summed E-state index contributed by atoms with van der Waals surface area (Å²) in [5.41, 5.74) is 3.84. The molecule has 1 aliphatic heterocycles. The molecule has 1 unspecified atom stereocenters. The van der Waals surface area contributed by atoms with Crippen LogP contribution in [0.25, 0.3) is 11.0 Å². The lowest BCUT2D eigenvalue weighted by molar-refractivity contribution is -0.116. The highest BCUT2D eigenvalue weighted by molar-refractivity contribution is 5.83. The van der Waals surface area contributed by atoms with Gasteiger partial charge in [-0.05, 0) is 28.9 Å².